The molecule has 0 spiro atoms. The summed E-state index contributed by atoms with van der Waals surface area (Å²) < 4.78 is 0. The highest BCUT2D eigenvalue weighted by molar-refractivity contribution is 5.99. The van der Waals surface area contributed by atoms with E-state index < -0.39 is 0 Å². The number of nitrogens with one attached hydrogen (secondary N) is 1. The first-order valence-corrected chi connectivity index (χ1v) is 4.45. The molecule has 0 saturated heterocycles. The zero-order valence-corrected chi connectivity index (χ0v) is 6.46. The SMILES string of the molecule is C1=CNC2C(=N1)C1CCCC12. The van der Waals surface area contributed by atoms with Gasteiger partial charge in [-0.1, -0.05) is 6.42 Å². The Balaban J connectivity index is 1.94. The van der Waals surface area contributed by atoms with E-state index in [4.69, 9.17) is 0 Å². The molecular formula is C9H12N2. The number of nitrogens with zero attached hydrogens (tertiary/aromatic N) is 1. The van der Waals surface area contributed by atoms with Crippen molar-refractivity contribution in [2.75, 3.05) is 0 Å². The van der Waals surface area contributed by atoms with Gasteiger partial charge in [0.25, 0.3) is 0 Å². The monoisotopic (exact) mass is 148 g/mol. The maximum atomic E-state index is 4.41. The third-order valence-electron chi connectivity index (χ3n) is 3.27. The van der Waals surface area contributed by atoms with Gasteiger partial charge < -0.3 is 5.32 Å². The second-order valence-corrected chi connectivity index (χ2v) is 3.72. The molecule has 2 saturated carbocycles. The predicted octanol–water partition coefficient (Wildman–Crippen LogP) is 1.30. The van der Waals surface area contributed by atoms with Crippen LogP contribution in [0.5, 0.6) is 0 Å². The van der Waals surface area contributed by atoms with Crippen molar-refractivity contribution in [3.05, 3.63) is 12.4 Å². The molecule has 3 unspecified atom stereocenters. The van der Waals surface area contributed by atoms with E-state index in [2.05, 4.69) is 10.3 Å². The van der Waals surface area contributed by atoms with Crippen molar-refractivity contribution < 1.29 is 0 Å². The van der Waals surface area contributed by atoms with Crippen LogP contribution in [0.2, 0.25) is 0 Å². The largest absolute Gasteiger partial charge is 0.381 e. The van der Waals surface area contributed by atoms with Crippen molar-refractivity contribution in [2.45, 2.75) is 25.3 Å². The van der Waals surface area contributed by atoms with E-state index >= 15 is 0 Å². The van der Waals surface area contributed by atoms with Gasteiger partial charge in [0, 0.05) is 24.0 Å². The molecule has 11 heavy (non-hydrogen) atoms. The molecule has 0 aromatic carbocycles. The van der Waals surface area contributed by atoms with Crippen LogP contribution < -0.4 is 5.32 Å². The molecule has 0 amide bonds. The van der Waals surface area contributed by atoms with Crippen LogP contribution in [-0.4, -0.2) is 11.8 Å². The van der Waals surface area contributed by atoms with E-state index in [-0.39, 0.29) is 0 Å². The Morgan fingerprint density at radius 3 is 3.45 bits per heavy atom. The Morgan fingerprint density at radius 2 is 2.45 bits per heavy atom. The first kappa shape index (κ1) is 5.81. The van der Waals surface area contributed by atoms with Gasteiger partial charge >= 0.3 is 0 Å². The molecule has 2 fully saturated rings. The molecule has 1 aliphatic heterocycles. The van der Waals surface area contributed by atoms with E-state index in [0.29, 0.717) is 6.04 Å². The molecule has 2 heteroatoms. The molecule has 58 valence electrons. The number of rotatable bonds is 0. The fourth-order valence-electron chi connectivity index (χ4n) is 2.74. The molecular weight excluding hydrogens is 136 g/mol. The molecule has 0 bridgehead atoms. The van der Waals surface area contributed by atoms with Crippen LogP contribution >= 0.6 is 0 Å². The minimum absolute atomic E-state index is 0.618. The van der Waals surface area contributed by atoms with Crippen LogP contribution in [0.15, 0.2) is 17.4 Å². The van der Waals surface area contributed by atoms with Gasteiger partial charge in [-0.05, 0) is 18.8 Å². The standard InChI is InChI=1S/C9H12N2/c1-2-6-7(3-1)9-8(6)10-4-5-11-9/h4-8,10H,1-3H2. The van der Waals surface area contributed by atoms with Gasteiger partial charge in [-0.2, -0.15) is 0 Å². The molecule has 2 nitrogen and oxygen atoms in total. The highest BCUT2D eigenvalue weighted by Gasteiger charge is 2.49. The Kier molecular flexibility index (Phi) is 0.989. The van der Waals surface area contributed by atoms with E-state index in [1.807, 2.05) is 12.4 Å². The fourth-order valence-corrected chi connectivity index (χ4v) is 2.74. The van der Waals surface area contributed by atoms with Gasteiger partial charge in [0.2, 0.25) is 0 Å². The number of aliphatic imine (C=N–C) groups is 1. The third-order valence-corrected chi connectivity index (χ3v) is 3.27. The average molecular weight is 148 g/mol. The normalized spacial score (nSPS) is 45.1. The molecule has 3 atom stereocenters. The quantitative estimate of drug-likeness (QED) is 0.550. The predicted molar refractivity (Wildman–Crippen MR) is 44.3 cm³/mol. The fraction of sp³-hybridized carbons (Fsp3) is 0.667. The molecule has 1 N–H and O–H groups in total. The van der Waals surface area contributed by atoms with E-state index in [1.165, 1.54) is 25.0 Å². The highest BCUT2D eigenvalue weighted by atomic mass is 15.0. The lowest BCUT2D eigenvalue weighted by Crippen LogP contribution is -2.56. The van der Waals surface area contributed by atoms with E-state index in [9.17, 15) is 0 Å². The van der Waals surface area contributed by atoms with Crippen molar-refractivity contribution in [3.63, 3.8) is 0 Å². The summed E-state index contributed by atoms with van der Waals surface area (Å²) in [5.74, 6) is 1.76. The minimum atomic E-state index is 0.618. The second kappa shape index (κ2) is 1.87. The molecule has 0 radical (unpaired) electrons. The molecule has 1 heterocycles. The van der Waals surface area contributed by atoms with Crippen LogP contribution in [0.25, 0.3) is 0 Å². The summed E-state index contributed by atoms with van der Waals surface area (Å²) in [5, 5.41) is 3.38. The Labute approximate surface area is 66.4 Å². The summed E-state index contributed by atoms with van der Waals surface area (Å²) in [6.07, 6.45) is 8.07. The summed E-state index contributed by atoms with van der Waals surface area (Å²) in [6.45, 7) is 0. The molecule has 3 rings (SSSR count). The van der Waals surface area contributed by atoms with E-state index in [0.717, 1.165) is 11.8 Å². The number of hydrogen-bond donors (Lipinski definition) is 1. The summed E-state index contributed by atoms with van der Waals surface area (Å²) >= 11 is 0. The minimum Gasteiger partial charge on any atom is -0.381 e. The van der Waals surface area contributed by atoms with Crippen LogP contribution in [-0.2, 0) is 0 Å². The number of hydrogen-bond acceptors (Lipinski definition) is 2. The Hall–Kier alpha value is -0.790. The topological polar surface area (TPSA) is 24.4 Å². The van der Waals surface area contributed by atoms with Gasteiger partial charge in [-0.25, -0.2) is 0 Å². The smallest absolute Gasteiger partial charge is 0.0678 e. The maximum absolute atomic E-state index is 4.41. The Morgan fingerprint density at radius 1 is 1.45 bits per heavy atom. The molecule has 3 aliphatic rings. The molecule has 0 aromatic rings. The van der Waals surface area contributed by atoms with E-state index in [1.54, 1.807) is 0 Å². The zero-order valence-electron chi connectivity index (χ0n) is 6.46. The van der Waals surface area contributed by atoms with Crippen LogP contribution in [0.1, 0.15) is 19.3 Å². The van der Waals surface area contributed by atoms with Gasteiger partial charge in [0.1, 0.15) is 0 Å². The van der Waals surface area contributed by atoms with Gasteiger partial charge in [-0.15, -0.1) is 0 Å². The van der Waals surface area contributed by atoms with Crippen LogP contribution in [0, 0.1) is 11.8 Å². The van der Waals surface area contributed by atoms with Gasteiger partial charge in [-0.3, -0.25) is 4.99 Å². The first-order valence-electron chi connectivity index (χ1n) is 4.45. The highest BCUT2D eigenvalue weighted by Crippen LogP contribution is 2.45. The zero-order chi connectivity index (χ0) is 7.26. The van der Waals surface area contributed by atoms with Crippen molar-refractivity contribution in [1.82, 2.24) is 5.32 Å². The Bertz CT molecular complexity index is 234. The first-order chi connectivity index (χ1) is 5.47. The third kappa shape index (κ3) is 0.602. The lowest BCUT2D eigenvalue weighted by atomic mass is 9.69. The lowest BCUT2D eigenvalue weighted by Gasteiger charge is -2.43. The van der Waals surface area contributed by atoms with Crippen LogP contribution in [0.4, 0.5) is 0 Å². The number of fused-ring (bicyclic) bond motifs is 4. The van der Waals surface area contributed by atoms with Gasteiger partial charge in [0.05, 0.1) is 6.04 Å². The van der Waals surface area contributed by atoms with Gasteiger partial charge in [0.15, 0.2) is 0 Å². The summed E-state index contributed by atoms with van der Waals surface area (Å²) in [4.78, 5) is 4.41. The second-order valence-electron chi connectivity index (χ2n) is 3.72. The lowest BCUT2D eigenvalue weighted by molar-refractivity contribution is 0.333. The average Bonchev–Trinajstić information content (AvgIpc) is 2.44. The van der Waals surface area contributed by atoms with Crippen molar-refractivity contribution >= 4 is 5.71 Å². The van der Waals surface area contributed by atoms with Crippen molar-refractivity contribution in [3.8, 4) is 0 Å². The summed E-state index contributed by atoms with van der Waals surface area (Å²) in [5.41, 5.74) is 1.43. The van der Waals surface area contributed by atoms with Crippen LogP contribution in [0.3, 0.4) is 0 Å². The van der Waals surface area contributed by atoms with Crippen molar-refractivity contribution in [1.29, 1.82) is 0 Å². The maximum Gasteiger partial charge on any atom is 0.0678 e. The summed E-state index contributed by atoms with van der Waals surface area (Å²) in [6, 6.07) is 0.618. The van der Waals surface area contributed by atoms with Crippen molar-refractivity contribution in [2.24, 2.45) is 16.8 Å². The molecule has 0 aromatic heterocycles. The molecule has 2 aliphatic carbocycles. The summed E-state index contributed by atoms with van der Waals surface area (Å²) in [7, 11) is 0.